The summed E-state index contributed by atoms with van der Waals surface area (Å²) in [6.45, 7) is 1.87. The molecule has 164 valence electrons. The molecule has 1 atom stereocenters. The SMILES string of the molecule is COc1ccc(C)cc1/C(O)=C1\C(=O)C(=O)N(c2nc3ccccc3s2)C1c1ccccn1. The third-order valence-corrected chi connectivity index (χ3v) is 6.55. The maximum Gasteiger partial charge on any atom is 0.301 e. The van der Waals surface area contributed by atoms with E-state index < -0.39 is 17.7 Å². The van der Waals surface area contributed by atoms with Gasteiger partial charge < -0.3 is 9.84 Å². The lowest BCUT2D eigenvalue weighted by Crippen LogP contribution is -2.29. The highest BCUT2D eigenvalue weighted by atomic mass is 32.1. The van der Waals surface area contributed by atoms with Gasteiger partial charge in [-0.25, -0.2) is 4.98 Å². The summed E-state index contributed by atoms with van der Waals surface area (Å²) in [5, 5.41) is 11.7. The zero-order valence-electron chi connectivity index (χ0n) is 17.9. The van der Waals surface area contributed by atoms with Crippen molar-refractivity contribution in [2.75, 3.05) is 12.0 Å². The first-order chi connectivity index (χ1) is 16.0. The Kier molecular flexibility index (Phi) is 5.14. The quantitative estimate of drug-likeness (QED) is 0.273. The van der Waals surface area contributed by atoms with E-state index in [-0.39, 0.29) is 11.3 Å². The number of anilines is 1. The standard InChI is InChI=1S/C25H19N3O4S/c1-14-10-11-18(32-2)15(13-14)22(29)20-21(17-8-5-6-12-26-17)28(24(31)23(20)30)25-27-16-7-3-4-9-19(16)33-25/h3-13,21,29H,1-2H3/b22-20+. The number of pyridine rings is 1. The lowest BCUT2D eigenvalue weighted by molar-refractivity contribution is -0.132. The van der Waals surface area contributed by atoms with Gasteiger partial charge in [0.1, 0.15) is 17.6 Å². The van der Waals surface area contributed by atoms with Gasteiger partial charge >= 0.3 is 5.91 Å². The van der Waals surface area contributed by atoms with E-state index in [2.05, 4.69) is 9.97 Å². The highest BCUT2D eigenvalue weighted by molar-refractivity contribution is 7.22. The zero-order valence-corrected chi connectivity index (χ0v) is 18.7. The Bertz CT molecular complexity index is 1400. The van der Waals surface area contributed by atoms with Crippen LogP contribution in [0.2, 0.25) is 0 Å². The number of carbonyl (C=O) groups excluding carboxylic acids is 2. The largest absolute Gasteiger partial charge is 0.507 e. The lowest BCUT2D eigenvalue weighted by atomic mass is 9.97. The van der Waals surface area contributed by atoms with Crippen LogP contribution in [0.3, 0.4) is 0 Å². The number of hydrogen-bond donors (Lipinski definition) is 1. The predicted molar refractivity (Wildman–Crippen MR) is 126 cm³/mol. The van der Waals surface area contributed by atoms with Gasteiger partial charge in [0.25, 0.3) is 5.78 Å². The number of carbonyl (C=O) groups is 2. The van der Waals surface area contributed by atoms with Gasteiger partial charge in [0.15, 0.2) is 5.13 Å². The van der Waals surface area contributed by atoms with Crippen molar-refractivity contribution in [3.8, 4) is 5.75 Å². The maximum absolute atomic E-state index is 13.3. The van der Waals surface area contributed by atoms with E-state index in [1.54, 1.807) is 36.5 Å². The molecule has 1 amide bonds. The molecule has 0 saturated carbocycles. The van der Waals surface area contributed by atoms with Crippen LogP contribution < -0.4 is 9.64 Å². The second-order valence-electron chi connectivity index (χ2n) is 7.59. The summed E-state index contributed by atoms with van der Waals surface area (Å²) in [7, 11) is 1.48. The van der Waals surface area contributed by atoms with Gasteiger partial charge in [0.2, 0.25) is 0 Å². The predicted octanol–water partition coefficient (Wildman–Crippen LogP) is 4.63. The summed E-state index contributed by atoms with van der Waals surface area (Å²) in [4.78, 5) is 36.9. The van der Waals surface area contributed by atoms with Crippen LogP contribution >= 0.6 is 11.3 Å². The van der Waals surface area contributed by atoms with E-state index in [9.17, 15) is 14.7 Å². The van der Waals surface area contributed by atoms with Crippen molar-refractivity contribution in [2.24, 2.45) is 0 Å². The summed E-state index contributed by atoms with van der Waals surface area (Å²) in [6.07, 6.45) is 1.58. The van der Waals surface area contributed by atoms with E-state index in [0.717, 1.165) is 15.8 Å². The number of ether oxygens (including phenoxy) is 1. The van der Waals surface area contributed by atoms with Gasteiger partial charge in [0, 0.05) is 6.20 Å². The van der Waals surface area contributed by atoms with Crippen LogP contribution in [0.15, 0.2) is 72.4 Å². The van der Waals surface area contributed by atoms with Crippen molar-refractivity contribution in [1.82, 2.24) is 9.97 Å². The molecule has 5 rings (SSSR count). The number of amides is 1. The van der Waals surface area contributed by atoms with Crippen molar-refractivity contribution >= 4 is 44.1 Å². The molecule has 0 radical (unpaired) electrons. The zero-order chi connectivity index (χ0) is 23.1. The van der Waals surface area contributed by atoms with Gasteiger partial charge in [-0.1, -0.05) is 41.2 Å². The molecule has 1 saturated heterocycles. The van der Waals surface area contributed by atoms with Crippen LogP contribution in [0.1, 0.15) is 22.9 Å². The fraction of sp³-hybridized carbons (Fsp3) is 0.120. The van der Waals surface area contributed by atoms with Crippen molar-refractivity contribution < 1.29 is 19.4 Å². The van der Waals surface area contributed by atoms with Gasteiger partial charge in [-0.2, -0.15) is 0 Å². The Hall–Kier alpha value is -4.04. The molecular weight excluding hydrogens is 438 g/mol. The number of ketones is 1. The smallest absolute Gasteiger partial charge is 0.301 e. The molecule has 1 unspecified atom stereocenters. The average Bonchev–Trinajstić information content (AvgIpc) is 3.37. The molecule has 1 aliphatic rings. The van der Waals surface area contributed by atoms with Crippen LogP contribution in [0, 0.1) is 6.92 Å². The van der Waals surface area contributed by atoms with Crippen LogP contribution in [0.5, 0.6) is 5.75 Å². The first-order valence-corrected chi connectivity index (χ1v) is 11.0. The number of thiazole rings is 1. The summed E-state index contributed by atoms with van der Waals surface area (Å²) < 4.78 is 6.29. The minimum absolute atomic E-state index is 0.0538. The number of methoxy groups -OCH3 is 1. The Morgan fingerprint density at radius 1 is 1.09 bits per heavy atom. The lowest BCUT2D eigenvalue weighted by Gasteiger charge is -2.22. The van der Waals surface area contributed by atoms with E-state index in [4.69, 9.17) is 4.74 Å². The molecule has 4 aromatic rings. The molecule has 0 bridgehead atoms. The van der Waals surface area contributed by atoms with Crippen molar-refractivity contribution in [2.45, 2.75) is 13.0 Å². The number of benzene rings is 2. The first-order valence-electron chi connectivity index (χ1n) is 10.2. The molecule has 1 N–H and O–H groups in total. The average molecular weight is 458 g/mol. The normalized spacial score (nSPS) is 17.6. The van der Waals surface area contributed by atoms with Crippen LogP contribution in [-0.4, -0.2) is 33.9 Å². The number of hydrogen-bond acceptors (Lipinski definition) is 7. The maximum atomic E-state index is 13.3. The number of aliphatic hydroxyl groups is 1. The van der Waals surface area contributed by atoms with Crippen LogP contribution in [0.4, 0.5) is 5.13 Å². The van der Waals surface area contributed by atoms with Crippen molar-refractivity contribution in [1.29, 1.82) is 0 Å². The highest BCUT2D eigenvalue weighted by Crippen LogP contribution is 2.44. The minimum atomic E-state index is -0.933. The number of para-hydroxylation sites is 1. The Morgan fingerprint density at radius 3 is 2.61 bits per heavy atom. The summed E-state index contributed by atoms with van der Waals surface area (Å²) in [5.41, 5.74) is 2.32. The number of aromatic nitrogens is 2. The molecule has 0 aliphatic carbocycles. The summed E-state index contributed by atoms with van der Waals surface area (Å²) in [5.74, 6) is -1.49. The summed E-state index contributed by atoms with van der Waals surface area (Å²) >= 11 is 1.30. The molecule has 33 heavy (non-hydrogen) atoms. The Labute approximate surface area is 193 Å². The number of aryl methyl sites for hydroxylation is 1. The Balaban J connectivity index is 1.76. The van der Waals surface area contributed by atoms with Crippen molar-refractivity contribution in [3.63, 3.8) is 0 Å². The molecule has 1 fully saturated rings. The first kappa shape index (κ1) is 20.8. The van der Waals surface area contributed by atoms with E-state index >= 15 is 0 Å². The molecule has 0 spiro atoms. The van der Waals surface area contributed by atoms with E-state index in [1.165, 1.54) is 23.3 Å². The molecule has 2 aromatic heterocycles. The monoisotopic (exact) mass is 457 g/mol. The highest BCUT2D eigenvalue weighted by Gasteiger charge is 2.49. The van der Waals surface area contributed by atoms with Crippen LogP contribution in [-0.2, 0) is 9.59 Å². The van der Waals surface area contributed by atoms with E-state index in [1.807, 2.05) is 37.3 Å². The minimum Gasteiger partial charge on any atom is -0.507 e. The topological polar surface area (TPSA) is 92.6 Å². The Morgan fingerprint density at radius 2 is 1.88 bits per heavy atom. The summed E-state index contributed by atoms with van der Waals surface area (Å²) in [6, 6.07) is 17.1. The van der Waals surface area contributed by atoms with Crippen LogP contribution in [0.25, 0.3) is 16.0 Å². The second-order valence-corrected chi connectivity index (χ2v) is 8.60. The molecule has 7 nitrogen and oxygen atoms in total. The fourth-order valence-electron chi connectivity index (χ4n) is 3.96. The molecule has 8 heteroatoms. The third kappa shape index (κ3) is 3.44. The van der Waals surface area contributed by atoms with Crippen molar-refractivity contribution in [3.05, 3.63) is 89.3 Å². The fourth-order valence-corrected chi connectivity index (χ4v) is 4.95. The number of aliphatic hydroxyl groups excluding tert-OH is 1. The molecule has 3 heterocycles. The second kappa shape index (κ2) is 8.14. The molecule has 1 aliphatic heterocycles. The molecule has 2 aromatic carbocycles. The number of Topliss-reactive ketones (excluding diaryl/α,β-unsaturated/α-hetero) is 1. The van der Waals surface area contributed by atoms with Gasteiger partial charge in [0.05, 0.1) is 34.2 Å². The number of rotatable bonds is 4. The number of nitrogens with zero attached hydrogens (tertiary/aromatic N) is 3. The van der Waals surface area contributed by atoms with Gasteiger partial charge in [-0.3, -0.25) is 19.5 Å². The number of fused-ring (bicyclic) bond motifs is 1. The van der Waals surface area contributed by atoms with Gasteiger partial charge in [-0.15, -0.1) is 0 Å². The van der Waals surface area contributed by atoms with E-state index in [0.29, 0.717) is 22.1 Å². The molecular formula is C25H19N3O4S. The van der Waals surface area contributed by atoms with Gasteiger partial charge in [-0.05, 0) is 43.3 Å². The third-order valence-electron chi connectivity index (χ3n) is 5.51.